The van der Waals surface area contributed by atoms with Crippen LogP contribution in [0.3, 0.4) is 0 Å². The molecule has 0 radical (unpaired) electrons. The zero-order valence-electron chi connectivity index (χ0n) is 11.8. The smallest absolute Gasteiger partial charge is 0.122 e. The first-order valence-electron chi connectivity index (χ1n) is 7.04. The van der Waals surface area contributed by atoms with Gasteiger partial charge in [-0.1, -0.05) is 41.4 Å². The van der Waals surface area contributed by atoms with Crippen LogP contribution in [0.2, 0.25) is 10.0 Å². The molecule has 0 fully saturated rings. The number of hydrogen-bond acceptors (Lipinski definition) is 2. The van der Waals surface area contributed by atoms with Gasteiger partial charge in [-0.05, 0) is 48.9 Å². The number of fused-ring (bicyclic) bond motifs is 1. The van der Waals surface area contributed by atoms with Crippen LogP contribution < -0.4 is 10.1 Å². The molecule has 1 heterocycles. The summed E-state index contributed by atoms with van der Waals surface area (Å²) in [6.45, 7) is 0.720. The highest BCUT2D eigenvalue weighted by molar-refractivity contribution is 6.33. The lowest BCUT2D eigenvalue weighted by atomic mass is 9.83. The molecule has 2 aromatic carbocycles. The van der Waals surface area contributed by atoms with Crippen LogP contribution in [0.4, 0.5) is 0 Å². The summed E-state index contributed by atoms with van der Waals surface area (Å²) in [5.74, 6) is 1.28. The molecular formula is C17H17Cl2NO. The number of ether oxygens (including phenoxy) is 1. The average Bonchev–Trinajstić information content (AvgIpc) is 2.51. The maximum atomic E-state index is 6.39. The molecule has 21 heavy (non-hydrogen) atoms. The van der Waals surface area contributed by atoms with Crippen molar-refractivity contribution in [2.45, 2.75) is 18.4 Å². The normalized spacial score (nSPS) is 18.7. The molecule has 0 saturated carbocycles. The second kappa shape index (κ2) is 6.27. The van der Waals surface area contributed by atoms with E-state index in [0.717, 1.165) is 29.4 Å². The van der Waals surface area contributed by atoms with Gasteiger partial charge in [0.15, 0.2) is 0 Å². The van der Waals surface area contributed by atoms with Crippen molar-refractivity contribution >= 4 is 23.2 Å². The van der Waals surface area contributed by atoms with E-state index in [0.29, 0.717) is 10.9 Å². The first-order valence-corrected chi connectivity index (χ1v) is 7.80. The van der Waals surface area contributed by atoms with Crippen LogP contribution in [0.5, 0.6) is 5.75 Å². The Balaban J connectivity index is 2.03. The first-order chi connectivity index (χ1) is 10.2. The van der Waals surface area contributed by atoms with Crippen molar-refractivity contribution in [1.29, 1.82) is 0 Å². The standard InChI is InChI=1S/C17H17Cl2NO/c1-20-17(14-10-11(18)6-7-15(14)19)13-8-9-21-16-5-3-2-4-12(13)16/h2-7,10,13,17,20H,8-9H2,1H3. The van der Waals surface area contributed by atoms with Crippen molar-refractivity contribution < 1.29 is 4.74 Å². The van der Waals surface area contributed by atoms with Gasteiger partial charge in [-0.2, -0.15) is 0 Å². The van der Waals surface area contributed by atoms with Crippen LogP contribution in [-0.4, -0.2) is 13.7 Å². The number of hydrogen-bond donors (Lipinski definition) is 1. The van der Waals surface area contributed by atoms with Crippen molar-refractivity contribution in [1.82, 2.24) is 5.32 Å². The van der Waals surface area contributed by atoms with Gasteiger partial charge in [0, 0.05) is 22.0 Å². The van der Waals surface area contributed by atoms with Crippen molar-refractivity contribution in [3.8, 4) is 5.75 Å². The van der Waals surface area contributed by atoms with Gasteiger partial charge in [0.05, 0.1) is 6.61 Å². The number of rotatable bonds is 3. The van der Waals surface area contributed by atoms with Gasteiger partial charge in [-0.15, -0.1) is 0 Å². The summed E-state index contributed by atoms with van der Waals surface area (Å²) in [5.41, 5.74) is 2.26. The van der Waals surface area contributed by atoms with E-state index < -0.39 is 0 Å². The van der Waals surface area contributed by atoms with E-state index in [2.05, 4.69) is 11.4 Å². The SMILES string of the molecule is CNC(c1cc(Cl)ccc1Cl)C1CCOc2ccccc21. The van der Waals surface area contributed by atoms with Crippen LogP contribution in [0.25, 0.3) is 0 Å². The zero-order valence-corrected chi connectivity index (χ0v) is 13.3. The summed E-state index contributed by atoms with van der Waals surface area (Å²) in [6.07, 6.45) is 0.950. The fourth-order valence-electron chi connectivity index (χ4n) is 3.04. The van der Waals surface area contributed by atoms with E-state index in [1.807, 2.05) is 43.4 Å². The lowest BCUT2D eigenvalue weighted by molar-refractivity contribution is 0.248. The predicted molar refractivity (Wildman–Crippen MR) is 87.6 cm³/mol. The molecule has 110 valence electrons. The number of para-hydroxylation sites is 1. The quantitative estimate of drug-likeness (QED) is 0.875. The van der Waals surface area contributed by atoms with Gasteiger partial charge in [-0.3, -0.25) is 0 Å². The van der Waals surface area contributed by atoms with E-state index in [1.54, 1.807) is 0 Å². The monoisotopic (exact) mass is 321 g/mol. The second-order valence-corrected chi connectivity index (χ2v) is 6.06. The lowest BCUT2D eigenvalue weighted by Crippen LogP contribution is -2.28. The third kappa shape index (κ3) is 2.89. The van der Waals surface area contributed by atoms with Crippen LogP contribution in [-0.2, 0) is 0 Å². The molecule has 1 aliphatic heterocycles. The van der Waals surface area contributed by atoms with Crippen molar-refractivity contribution in [3.05, 3.63) is 63.6 Å². The topological polar surface area (TPSA) is 21.3 Å². The van der Waals surface area contributed by atoms with Gasteiger partial charge in [0.1, 0.15) is 5.75 Å². The van der Waals surface area contributed by atoms with Crippen LogP contribution in [0, 0.1) is 0 Å². The van der Waals surface area contributed by atoms with E-state index >= 15 is 0 Å². The molecule has 0 aliphatic carbocycles. The minimum atomic E-state index is 0.112. The molecular weight excluding hydrogens is 305 g/mol. The highest BCUT2D eigenvalue weighted by atomic mass is 35.5. The fourth-order valence-corrected chi connectivity index (χ4v) is 3.46. The molecule has 2 unspecified atom stereocenters. The number of likely N-dealkylation sites (N-methyl/N-ethyl adjacent to an activating group) is 1. The summed E-state index contributed by atoms with van der Waals surface area (Å²) in [6, 6.07) is 13.9. The molecule has 1 aliphatic rings. The summed E-state index contributed by atoms with van der Waals surface area (Å²) in [7, 11) is 1.96. The van der Waals surface area contributed by atoms with Crippen LogP contribution >= 0.6 is 23.2 Å². The van der Waals surface area contributed by atoms with Gasteiger partial charge in [-0.25, -0.2) is 0 Å². The first kappa shape index (κ1) is 14.7. The van der Waals surface area contributed by atoms with Crippen molar-refractivity contribution in [2.24, 2.45) is 0 Å². The molecule has 2 nitrogen and oxygen atoms in total. The average molecular weight is 322 g/mol. The van der Waals surface area contributed by atoms with Crippen LogP contribution in [0.15, 0.2) is 42.5 Å². The highest BCUT2D eigenvalue weighted by Crippen LogP contribution is 2.43. The van der Waals surface area contributed by atoms with Crippen LogP contribution in [0.1, 0.15) is 29.5 Å². The molecule has 0 amide bonds. The Labute approximate surface area is 135 Å². The van der Waals surface area contributed by atoms with Gasteiger partial charge in [0.25, 0.3) is 0 Å². The molecule has 0 spiro atoms. The molecule has 0 saturated heterocycles. The Morgan fingerprint density at radius 2 is 2.00 bits per heavy atom. The minimum absolute atomic E-state index is 0.112. The third-order valence-electron chi connectivity index (χ3n) is 4.01. The van der Waals surface area contributed by atoms with E-state index in [-0.39, 0.29) is 6.04 Å². The Morgan fingerprint density at radius 1 is 1.19 bits per heavy atom. The second-order valence-electron chi connectivity index (χ2n) is 5.21. The molecule has 3 rings (SSSR count). The van der Waals surface area contributed by atoms with E-state index in [9.17, 15) is 0 Å². The molecule has 2 aromatic rings. The van der Waals surface area contributed by atoms with E-state index in [1.165, 1.54) is 5.56 Å². The predicted octanol–water partition coefficient (Wildman–Crippen LogP) is 4.82. The van der Waals surface area contributed by atoms with Crippen molar-refractivity contribution in [2.75, 3.05) is 13.7 Å². The van der Waals surface area contributed by atoms with E-state index in [4.69, 9.17) is 27.9 Å². The van der Waals surface area contributed by atoms with Crippen molar-refractivity contribution in [3.63, 3.8) is 0 Å². The fraction of sp³-hybridized carbons (Fsp3) is 0.294. The Kier molecular flexibility index (Phi) is 4.39. The Hall–Kier alpha value is -1.22. The molecule has 1 N–H and O–H groups in total. The maximum absolute atomic E-state index is 6.39. The Morgan fingerprint density at radius 3 is 2.81 bits per heavy atom. The third-order valence-corrected chi connectivity index (χ3v) is 4.59. The molecule has 2 atom stereocenters. The summed E-state index contributed by atoms with van der Waals surface area (Å²) < 4.78 is 5.75. The number of halogens is 2. The zero-order chi connectivity index (χ0) is 14.8. The van der Waals surface area contributed by atoms with Gasteiger partial charge in [0.2, 0.25) is 0 Å². The minimum Gasteiger partial charge on any atom is -0.493 e. The molecule has 0 aromatic heterocycles. The van der Waals surface area contributed by atoms with Gasteiger partial charge < -0.3 is 10.1 Å². The highest BCUT2D eigenvalue weighted by Gasteiger charge is 2.30. The molecule has 4 heteroatoms. The number of benzene rings is 2. The summed E-state index contributed by atoms with van der Waals surface area (Å²) >= 11 is 12.5. The van der Waals surface area contributed by atoms with Gasteiger partial charge >= 0.3 is 0 Å². The Bertz CT molecular complexity index is 644. The number of nitrogens with one attached hydrogen (secondary N) is 1. The largest absolute Gasteiger partial charge is 0.493 e. The lowest BCUT2D eigenvalue weighted by Gasteiger charge is -2.33. The summed E-state index contributed by atoms with van der Waals surface area (Å²) in [4.78, 5) is 0. The summed E-state index contributed by atoms with van der Waals surface area (Å²) in [5, 5.41) is 4.84. The maximum Gasteiger partial charge on any atom is 0.122 e. The molecule has 0 bridgehead atoms.